The lowest BCUT2D eigenvalue weighted by Gasteiger charge is -2.49. The topological polar surface area (TPSA) is 24.9 Å². The fourth-order valence-corrected chi connectivity index (χ4v) is 9.95. The van der Waals surface area contributed by atoms with Crippen LogP contribution in [0, 0.1) is 0 Å². The zero-order valence-corrected chi connectivity index (χ0v) is 38.1. The molecular formula is C55H59BN2O2. The molecular weight excluding hydrogens is 731 g/mol. The minimum atomic E-state index is -0.291. The highest BCUT2D eigenvalue weighted by molar-refractivity contribution is 6.93. The summed E-state index contributed by atoms with van der Waals surface area (Å²) in [6, 6.07) is 39.4. The fourth-order valence-electron chi connectivity index (χ4n) is 9.95. The largest absolute Gasteiger partial charge is 0.457 e. The summed E-state index contributed by atoms with van der Waals surface area (Å²) in [6.07, 6.45) is 0. The van der Waals surface area contributed by atoms with Gasteiger partial charge in [-0.15, -0.1) is 0 Å². The van der Waals surface area contributed by atoms with Crippen LogP contribution in [0.15, 0.2) is 103 Å². The fraction of sp³-hybridized carbons (Fsp3) is 0.345. The molecule has 10 rings (SSSR count). The molecule has 0 unspecified atom stereocenters. The van der Waals surface area contributed by atoms with Crippen molar-refractivity contribution < 1.29 is 9.47 Å². The Hall–Kier alpha value is -5.42. The first-order valence-electron chi connectivity index (χ1n) is 21.9. The van der Waals surface area contributed by atoms with Crippen molar-refractivity contribution in [3.8, 4) is 34.1 Å². The molecule has 4 nitrogen and oxygen atoms in total. The van der Waals surface area contributed by atoms with Gasteiger partial charge in [-0.2, -0.15) is 0 Å². The number of hydrogen-bond donors (Lipinski definition) is 0. The first-order valence-corrected chi connectivity index (χ1v) is 21.9. The van der Waals surface area contributed by atoms with E-state index >= 15 is 0 Å². The smallest absolute Gasteiger partial charge is 0.333 e. The highest BCUT2D eigenvalue weighted by Gasteiger charge is 2.50. The number of nitrogens with zero attached hydrogens (tertiary/aromatic N) is 2. The van der Waals surface area contributed by atoms with Crippen LogP contribution in [-0.2, 0) is 27.1 Å². The van der Waals surface area contributed by atoms with Crippen LogP contribution in [0.1, 0.15) is 130 Å². The van der Waals surface area contributed by atoms with Gasteiger partial charge in [0, 0.05) is 45.2 Å². The van der Waals surface area contributed by atoms with Gasteiger partial charge >= 0.3 is 6.85 Å². The van der Waals surface area contributed by atoms with Crippen molar-refractivity contribution in [3.05, 3.63) is 137 Å². The van der Waals surface area contributed by atoms with Gasteiger partial charge in [-0.1, -0.05) is 145 Å². The Balaban J connectivity index is 1.32. The summed E-state index contributed by atoms with van der Waals surface area (Å²) >= 11 is 0. The van der Waals surface area contributed by atoms with Crippen molar-refractivity contribution >= 4 is 46.2 Å². The highest BCUT2D eigenvalue weighted by Crippen LogP contribution is 2.60. The second-order valence-corrected chi connectivity index (χ2v) is 22.4. The van der Waals surface area contributed by atoms with Gasteiger partial charge in [0.25, 0.3) is 0 Å². The predicted octanol–water partition coefficient (Wildman–Crippen LogP) is 14.1. The molecule has 0 fully saturated rings. The summed E-state index contributed by atoms with van der Waals surface area (Å²) in [7, 11) is 0. The Morgan fingerprint density at radius 2 is 1.05 bits per heavy atom. The minimum absolute atomic E-state index is 0.0440. The summed E-state index contributed by atoms with van der Waals surface area (Å²) in [5.74, 6) is 3.46. The van der Waals surface area contributed by atoms with Gasteiger partial charge in [-0.05, 0) is 109 Å². The van der Waals surface area contributed by atoms with E-state index in [1.54, 1.807) is 0 Å². The van der Waals surface area contributed by atoms with Gasteiger partial charge in [0.15, 0.2) is 11.5 Å². The molecule has 304 valence electrons. The molecule has 0 N–H and O–H groups in total. The van der Waals surface area contributed by atoms with E-state index in [4.69, 9.17) is 9.47 Å². The molecule has 4 aliphatic rings. The van der Waals surface area contributed by atoms with E-state index < -0.39 is 0 Å². The predicted molar refractivity (Wildman–Crippen MR) is 254 cm³/mol. The van der Waals surface area contributed by atoms with Gasteiger partial charge in [0.1, 0.15) is 11.5 Å². The first-order chi connectivity index (χ1) is 28.0. The Labute approximate surface area is 358 Å². The van der Waals surface area contributed by atoms with E-state index in [0.29, 0.717) is 0 Å². The average molecular weight is 791 g/mol. The van der Waals surface area contributed by atoms with Gasteiger partial charge in [-0.3, -0.25) is 0 Å². The maximum atomic E-state index is 7.18. The first kappa shape index (κ1) is 38.8. The summed E-state index contributed by atoms with van der Waals surface area (Å²) in [4.78, 5) is 5.20. The van der Waals surface area contributed by atoms with Crippen LogP contribution in [0.5, 0.6) is 23.0 Å². The summed E-state index contributed by atoms with van der Waals surface area (Å²) in [6.45, 7) is 32.3. The van der Waals surface area contributed by atoms with Gasteiger partial charge in [0.2, 0.25) is 0 Å². The Bertz CT molecular complexity index is 2790. The van der Waals surface area contributed by atoms with Gasteiger partial charge in [0.05, 0.1) is 11.4 Å². The maximum Gasteiger partial charge on any atom is 0.333 e. The number of hydrogen-bond acceptors (Lipinski definition) is 4. The zero-order chi connectivity index (χ0) is 42.6. The molecule has 0 spiro atoms. The molecule has 0 saturated carbocycles. The van der Waals surface area contributed by atoms with Gasteiger partial charge in [-0.25, -0.2) is 0 Å². The molecule has 0 bridgehead atoms. The lowest BCUT2D eigenvalue weighted by molar-refractivity contribution is 0.410. The molecule has 0 amide bonds. The van der Waals surface area contributed by atoms with E-state index in [0.717, 1.165) is 39.9 Å². The van der Waals surface area contributed by atoms with Gasteiger partial charge < -0.3 is 19.2 Å². The van der Waals surface area contributed by atoms with Crippen molar-refractivity contribution in [2.75, 3.05) is 9.71 Å². The van der Waals surface area contributed by atoms with Crippen molar-refractivity contribution in [3.63, 3.8) is 0 Å². The van der Waals surface area contributed by atoms with E-state index in [2.05, 4.69) is 210 Å². The number of para-hydroxylation sites is 1. The van der Waals surface area contributed by atoms with Crippen molar-refractivity contribution in [1.29, 1.82) is 0 Å². The molecule has 4 aliphatic heterocycles. The molecule has 0 radical (unpaired) electrons. The third kappa shape index (κ3) is 5.71. The summed E-state index contributed by atoms with van der Waals surface area (Å²) in [5, 5.41) is 0. The average Bonchev–Trinajstić information content (AvgIpc) is 3.16. The third-order valence-corrected chi connectivity index (χ3v) is 13.7. The van der Waals surface area contributed by atoms with Crippen molar-refractivity contribution in [2.45, 2.75) is 124 Å². The molecule has 4 heterocycles. The molecule has 6 aromatic carbocycles. The molecule has 0 aromatic heterocycles. The van der Waals surface area contributed by atoms with E-state index in [9.17, 15) is 0 Å². The van der Waals surface area contributed by atoms with Crippen LogP contribution < -0.4 is 30.1 Å². The van der Waals surface area contributed by atoms with Crippen molar-refractivity contribution in [2.24, 2.45) is 0 Å². The Morgan fingerprint density at radius 1 is 0.467 bits per heavy atom. The minimum Gasteiger partial charge on any atom is -0.457 e. The molecule has 5 heteroatoms. The molecule has 0 aliphatic carbocycles. The van der Waals surface area contributed by atoms with E-state index in [1.165, 1.54) is 66.9 Å². The zero-order valence-electron chi connectivity index (χ0n) is 38.1. The van der Waals surface area contributed by atoms with Crippen molar-refractivity contribution in [1.82, 2.24) is 0 Å². The highest BCUT2D eigenvalue weighted by atomic mass is 16.5. The monoisotopic (exact) mass is 790 g/mol. The lowest BCUT2D eigenvalue weighted by atomic mass is 9.43. The lowest BCUT2D eigenvalue weighted by Crippen LogP contribution is -2.62. The number of rotatable bonds is 1. The number of anilines is 5. The van der Waals surface area contributed by atoms with E-state index in [-0.39, 0.29) is 33.9 Å². The Morgan fingerprint density at radius 3 is 1.72 bits per heavy atom. The quantitative estimate of drug-likeness (QED) is 0.155. The van der Waals surface area contributed by atoms with Crippen LogP contribution in [0.3, 0.4) is 0 Å². The molecule has 6 aromatic rings. The Kier molecular flexibility index (Phi) is 7.97. The molecule has 0 saturated heterocycles. The normalized spacial score (nSPS) is 15.8. The van der Waals surface area contributed by atoms with Crippen LogP contribution in [0.25, 0.3) is 11.1 Å². The summed E-state index contributed by atoms with van der Waals surface area (Å²) in [5.41, 5.74) is 18.0. The van der Waals surface area contributed by atoms with Crippen LogP contribution >= 0.6 is 0 Å². The van der Waals surface area contributed by atoms with Crippen LogP contribution in [0.4, 0.5) is 28.4 Å². The molecule has 0 atom stereocenters. The van der Waals surface area contributed by atoms with Crippen LogP contribution in [0.2, 0.25) is 0 Å². The second-order valence-electron chi connectivity index (χ2n) is 22.4. The second kappa shape index (κ2) is 12.3. The number of fused-ring (bicyclic) bond motifs is 8. The third-order valence-electron chi connectivity index (χ3n) is 13.7. The summed E-state index contributed by atoms with van der Waals surface area (Å²) < 4.78 is 13.9. The SMILES string of the molecule is CC(C)(C)c1ccc(N2c3cc(C(C)(C)C)ccc3B3c4c(cc(C(C)(C)C)cc42)-c2cc(C(C)(C)C)cc4c2N3c2cc3c(cc2O4)Oc2ccccc2C3(C)C)cc1. The number of benzene rings is 6. The maximum absolute atomic E-state index is 7.18. The molecule has 60 heavy (non-hydrogen) atoms. The number of ether oxygens (including phenoxy) is 2. The van der Waals surface area contributed by atoms with E-state index in [1.807, 2.05) is 0 Å². The van der Waals surface area contributed by atoms with Crippen LogP contribution in [-0.4, -0.2) is 6.85 Å². The standard InChI is InChI=1S/C55H59BN2O2/c1-51(2,3)32-19-22-36(23-20-32)57-42-27-33(52(4,5)6)21-24-41(42)56-49-37(25-34(28-44(49)57)53(7,8)9)38-26-35(54(10,11)12)29-48-50(38)58(56)43-30-40-46(31-47(43)60-48)59-45-18-16-15-17-39(45)55(40,13)14/h15-31H,1-14H3.